The summed E-state index contributed by atoms with van der Waals surface area (Å²) in [7, 11) is 5.76. The molecule has 2 aromatic rings. The van der Waals surface area contributed by atoms with Crippen LogP contribution < -0.4 is 10.4 Å². The Labute approximate surface area is 187 Å². The van der Waals surface area contributed by atoms with E-state index in [1.54, 1.807) is 18.2 Å². The molecular formula is C22H14BF3N4O3. The number of rotatable bonds is 2. The second-order valence-corrected chi connectivity index (χ2v) is 8.19. The molecule has 0 N–H and O–H groups in total. The Hall–Kier alpha value is -3.81. The third-order valence-electron chi connectivity index (χ3n) is 6.35. The average Bonchev–Trinajstić information content (AvgIpc) is 3.43. The van der Waals surface area contributed by atoms with Gasteiger partial charge in [0.2, 0.25) is 0 Å². The van der Waals surface area contributed by atoms with Gasteiger partial charge in [0.25, 0.3) is 11.8 Å². The fourth-order valence-electron chi connectivity index (χ4n) is 4.97. The first kappa shape index (κ1) is 21.1. The monoisotopic (exact) mass is 450 g/mol. The summed E-state index contributed by atoms with van der Waals surface area (Å²) >= 11 is 0. The molecule has 11 heteroatoms. The Morgan fingerprint density at radius 3 is 2.58 bits per heavy atom. The smallest absolute Gasteiger partial charge is 0.331 e. The Morgan fingerprint density at radius 2 is 1.91 bits per heavy atom. The molecule has 0 spiro atoms. The van der Waals surface area contributed by atoms with Crippen LogP contribution in [0.5, 0.6) is 0 Å². The molecule has 2 aromatic carbocycles. The lowest BCUT2D eigenvalue weighted by Gasteiger charge is -2.35. The minimum Gasteiger partial charge on any atom is -0.331 e. The minimum atomic E-state index is -4.83. The van der Waals surface area contributed by atoms with E-state index in [4.69, 9.17) is 13.1 Å². The first-order valence-corrected chi connectivity index (χ1v) is 10.1. The molecular weight excluding hydrogens is 436 g/mol. The fraction of sp³-hybridized carbons (Fsp3) is 0.273. The molecule has 164 valence electrons. The summed E-state index contributed by atoms with van der Waals surface area (Å²) < 4.78 is 40.2. The van der Waals surface area contributed by atoms with Crippen LogP contribution in [-0.4, -0.2) is 60.2 Å². The van der Waals surface area contributed by atoms with Crippen LogP contribution in [0.2, 0.25) is 0 Å². The van der Waals surface area contributed by atoms with E-state index in [0.29, 0.717) is 28.4 Å². The number of hydrogen-bond acceptors (Lipinski definition) is 4. The van der Waals surface area contributed by atoms with Gasteiger partial charge in [-0.3, -0.25) is 9.59 Å². The van der Waals surface area contributed by atoms with Gasteiger partial charge in [-0.2, -0.15) is 18.4 Å². The van der Waals surface area contributed by atoms with E-state index in [1.165, 1.54) is 21.9 Å². The number of fused-ring (bicyclic) bond motifs is 5. The molecule has 5 rings (SSSR count). The van der Waals surface area contributed by atoms with Gasteiger partial charge in [0, 0.05) is 12.1 Å². The van der Waals surface area contributed by atoms with Gasteiger partial charge in [-0.1, -0.05) is 23.7 Å². The van der Waals surface area contributed by atoms with Gasteiger partial charge in [-0.15, -0.1) is 0 Å². The van der Waals surface area contributed by atoms with Crippen molar-refractivity contribution in [3.8, 4) is 6.07 Å². The van der Waals surface area contributed by atoms with Crippen LogP contribution in [0.15, 0.2) is 42.5 Å². The number of nitrogens with zero attached hydrogens (tertiary/aromatic N) is 4. The fourth-order valence-corrected chi connectivity index (χ4v) is 4.97. The predicted octanol–water partition coefficient (Wildman–Crippen LogP) is 1.80. The van der Waals surface area contributed by atoms with Crippen molar-refractivity contribution in [1.82, 2.24) is 9.80 Å². The van der Waals surface area contributed by atoms with E-state index in [0.717, 1.165) is 12.1 Å². The number of benzene rings is 2. The van der Waals surface area contributed by atoms with Crippen molar-refractivity contribution < 1.29 is 27.6 Å². The Kier molecular flexibility index (Phi) is 4.53. The van der Waals surface area contributed by atoms with Gasteiger partial charge >= 0.3 is 12.2 Å². The number of urea groups is 1. The number of alkyl halides is 3. The normalized spacial score (nSPS) is 23.8. The molecule has 3 fully saturated rings. The van der Waals surface area contributed by atoms with Crippen LogP contribution in [0.3, 0.4) is 0 Å². The van der Waals surface area contributed by atoms with Gasteiger partial charge < -0.3 is 9.80 Å². The number of imide groups is 1. The van der Waals surface area contributed by atoms with Gasteiger partial charge in [-0.05, 0) is 30.7 Å². The molecule has 7 nitrogen and oxygen atoms in total. The third kappa shape index (κ3) is 3.08. The Morgan fingerprint density at radius 1 is 1.15 bits per heavy atom. The summed E-state index contributed by atoms with van der Waals surface area (Å²) in [6.07, 6.45) is -4.42. The summed E-state index contributed by atoms with van der Waals surface area (Å²) in [5.74, 6) is -1.03. The molecule has 3 atom stereocenters. The highest BCUT2D eigenvalue weighted by molar-refractivity contribution is 6.32. The molecule has 3 heterocycles. The number of piperazine rings is 1. The number of carbonyl (C=O) groups excluding carboxylic acids is 3. The maximum atomic E-state index is 13.4. The van der Waals surface area contributed by atoms with Crippen molar-refractivity contribution in [1.29, 1.82) is 5.26 Å². The van der Waals surface area contributed by atoms with Crippen LogP contribution in [-0.2, 0) is 11.0 Å². The summed E-state index contributed by atoms with van der Waals surface area (Å²) in [4.78, 5) is 42.9. The van der Waals surface area contributed by atoms with Crippen molar-refractivity contribution in [3.05, 3.63) is 59.2 Å². The Balaban J connectivity index is 1.47. The number of likely N-dealkylation sites (tertiary alicyclic amines) is 1. The highest BCUT2D eigenvalue weighted by Crippen LogP contribution is 2.43. The van der Waals surface area contributed by atoms with Crippen LogP contribution in [0.25, 0.3) is 0 Å². The lowest BCUT2D eigenvalue weighted by atomic mass is 9.94. The maximum absolute atomic E-state index is 13.4. The quantitative estimate of drug-likeness (QED) is 0.516. The number of amides is 4. The van der Waals surface area contributed by atoms with Crippen LogP contribution in [0.4, 0.5) is 23.7 Å². The summed E-state index contributed by atoms with van der Waals surface area (Å²) in [6, 6.07) is 7.86. The van der Waals surface area contributed by atoms with Crippen molar-refractivity contribution >= 4 is 36.8 Å². The highest BCUT2D eigenvalue weighted by atomic mass is 19.4. The summed E-state index contributed by atoms with van der Waals surface area (Å²) in [6.45, 7) is 0.211. The van der Waals surface area contributed by atoms with Crippen molar-refractivity contribution in [2.24, 2.45) is 0 Å². The zero-order valence-corrected chi connectivity index (χ0v) is 16.9. The maximum Gasteiger partial charge on any atom is 0.417 e. The van der Waals surface area contributed by atoms with E-state index in [1.807, 2.05) is 0 Å². The second-order valence-electron chi connectivity index (χ2n) is 8.19. The van der Waals surface area contributed by atoms with Gasteiger partial charge in [0.1, 0.15) is 13.9 Å². The average molecular weight is 450 g/mol. The third-order valence-corrected chi connectivity index (χ3v) is 6.35. The molecule has 2 radical (unpaired) electrons. The van der Waals surface area contributed by atoms with Crippen LogP contribution >= 0.6 is 0 Å². The number of anilines is 1. The van der Waals surface area contributed by atoms with Gasteiger partial charge in [-0.25, -0.2) is 9.69 Å². The topological polar surface area (TPSA) is 84.7 Å². The predicted molar refractivity (Wildman–Crippen MR) is 110 cm³/mol. The molecule has 3 aliphatic rings. The lowest BCUT2D eigenvalue weighted by Crippen LogP contribution is -2.54. The molecule has 0 aromatic heterocycles. The molecule has 1 unspecified atom stereocenters. The first-order valence-electron chi connectivity index (χ1n) is 10.1. The van der Waals surface area contributed by atoms with Crippen LogP contribution in [0.1, 0.15) is 27.9 Å². The number of nitriles is 1. The zero-order chi connectivity index (χ0) is 23.7. The SMILES string of the molecule is [B]c1cccc(C(=O)N2C[C@H]3CC2[C@H]2C(=O)N(c4ccc(C#N)c(C(F)(F)F)c4)C(=O)N32)c1. The second kappa shape index (κ2) is 7.10. The van der Waals surface area contributed by atoms with E-state index in [2.05, 4.69) is 0 Å². The molecule has 0 saturated carbocycles. The number of hydrogen-bond donors (Lipinski definition) is 0. The van der Waals surface area contributed by atoms with Crippen LogP contribution in [0, 0.1) is 11.3 Å². The van der Waals surface area contributed by atoms with E-state index < -0.39 is 47.4 Å². The zero-order valence-electron chi connectivity index (χ0n) is 16.9. The minimum absolute atomic E-state index is 0.211. The van der Waals surface area contributed by atoms with Gasteiger partial charge in [0.15, 0.2) is 0 Å². The summed E-state index contributed by atoms with van der Waals surface area (Å²) in [5, 5.41) is 8.99. The van der Waals surface area contributed by atoms with Crippen molar-refractivity contribution in [2.75, 3.05) is 11.4 Å². The largest absolute Gasteiger partial charge is 0.417 e. The van der Waals surface area contributed by atoms with Crippen molar-refractivity contribution in [3.63, 3.8) is 0 Å². The molecule has 33 heavy (non-hydrogen) atoms. The lowest BCUT2D eigenvalue weighted by molar-refractivity contribution is -0.137. The van der Waals surface area contributed by atoms with Crippen molar-refractivity contribution in [2.45, 2.75) is 30.7 Å². The molecule has 0 aliphatic carbocycles. The molecule has 3 aliphatic heterocycles. The van der Waals surface area contributed by atoms with Gasteiger partial charge in [0.05, 0.1) is 35.0 Å². The molecule has 2 bridgehead atoms. The Bertz CT molecular complexity index is 1260. The van der Waals surface area contributed by atoms with E-state index in [-0.39, 0.29) is 18.1 Å². The first-order chi connectivity index (χ1) is 15.6. The highest BCUT2D eigenvalue weighted by Gasteiger charge is 2.63. The molecule has 3 saturated heterocycles. The summed E-state index contributed by atoms with van der Waals surface area (Å²) in [5.41, 5.74) is -1.34. The standard InChI is InChI=1S/C22H14BF3N4O3/c23-13-3-1-2-11(6-13)19(31)28-10-15-8-17(28)18-20(32)30(21(33)29(15)18)14-5-4-12(9-27)16(7-14)22(24,25)26/h1-7,15,17-18H,8,10H2/t15-,17?,18+/m1/s1. The van der Waals surface area contributed by atoms with E-state index in [9.17, 15) is 27.6 Å². The molecule has 4 amide bonds. The number of carbonyl (C=O) groups is 3. The van der Waals surface area contributed by atoms with E-state index >= 15 is 0 Å². The number of halogens is 3.